The predicted octanol–water partition coefficient (Wildman–Crippen LogP) is 2.95. The number of nitrogens with one attached hydrogen (secondary N) is 1. The van der Waals surface area contributed by atoms with E-state index < -0.39 is 17.9 Å². The summed E-state index contributed by atoms with van der Waals surface area (Å²) >= 11 is 1.22. The van der Waals surface area contributed by atoms with E-state index in [1.165, 1.54) is 23.5 Å². The fourth-order valence-corrected chi connectivity index (χ4v) is 3.51. The van der Waals surface area contributed by atoms with Crippen LogP contribution in [0.2, 0.25) is 0 Å². The van der Waals surface area contributed by atoms with Crippen molar-refractivity contribution < 1.29 is 13.9 Å². The van der Waals surface area contributed by atoms with Gasteiger partial charge in [0.2, 0.25) is 0 Å². The molecule has 5 nitrogen and oxygen atoms in total. The highest BCUT2D eigenvalue weighted by Gasteiger charge is 2.20. The molecule has 0 bridgehead atoms. The van der Waals surface area contributed by atoms with E-state index in [2.05, 4.69) is 15.5 Å². The van der Waals surface area contributed by atoms with Gasteiger partial charge >= 0.3 is 0 Å². The Morgan fingerprint density at radius 2 is 2.04 bits per heavy atom. The standard InChI is InChI=1S/C16H16F2N4OS/c1-7-8(2)21-22-16-11(7)13(19)14(24-16)15(23)20-6-9-4-3-5-10(17)12(9)18/h3-5,15,20,23H,6,19H2,1-2H3. The fourth-order valence-electron chi connectivity index (χ4n) is 2.45. The number of anilines is 1. The summed E-state index contributed by atoms with van der Waals surface area (Å²) in [5.74, 6) is -1.86. The minimum atomic E-state index is -1.12. The van der Waals surface area contributed by atoms with Gasteiger partial charge in [0, 0.05) is 17.5 Å². The topological polar surface area (TPSA) is 84.1 Å². The third-order valence-electron chi connectivity index (χ3n) is 3.93. The second kappa shape index (κ2) is 6.39. The van der Waals surface area contributed by atoms with Gasteiger partial charge in [-0.3, -0.25) is 5.32 Å². The zero-order valence-electron chi connectivity index (χ0n) is 13.1. The molecule has 2 aromatic heterocycles. The van der Waals surface area contributed by atoms with Gasteiger partial charge in [0.1, 0.15) is 11.1 Å². The zero-order chi connectivity index (χ0) is 17.4. The summed E-state index contributed by atoms with van der Waals surface area (Å²) < 4.78 is 26.9. The molecule has 0 spiro atoms. The number of nitrogens with zero attached hydrogens (tertiary/aromatic N) is 2. The Hall–Kier alpha value is -2.16. The molecule has 0 aliphatic carbocycles. The van der Waals surface area contributed by atoms with Gasteiger partial charge in [-0.25, -0.2) is 8.78 Å². The molecule has 0 radical (unpaired) electrons. The lowest BCUT2D eigenvalue weighted by Crippen LogP contribution is -2.21. The summed E-state index contributed by atoms with van der Waals surface area (Å²) in [6.45, 7) is 3.68. The Labute approximate surface area is 141 Å². The molecule has 1 aromatic carbocycles. The molecule has 1 atom stereocenters. The van der Waals surface area contributed by atoms with Crippen molar-refractivity contribution in [1.82, 2.24) is 15.5 Å². The molecule has 0 aliphatic heterocycles. The summed E-state index contributed by atoms with van der Waals surface area (Å²) in [6, 6.07) is 3.91. The number of aliphatic hydroxyl groups excluding tert-OH is 1. The number of benzene rings is 1. The number of nitrogens with two attached hydrogens (primary N) is 1. The van der Waals surface area contributed by atoms with Crippen molar-refractivity contribution in [2.75, 3.05) is 5.73 Å². The van der Waals surface area contributed by atoms with E-state index in [4.69, 9.17) is 5.73 Å². The maximum Gasteiger partial charge on any atom is 0.163 e. The summed E-state index contributed by atoms with van der Waals surface area (Å²) in [7, 11) is 0. The Kier molecular flexibility index (Phi) is 4.44. The monoisotopic (exact) mass is 350 g/mol. The van der Waals surface area contributed by atoms with Crippen molar-refractivity contribution in [3.63, 3.8) is 0 Å². The second-order valence-corrected chi connectivity index (χ2v) is 6.50. The quantitative estimate of drug-likeness (QED) is 0.630. The second-order valence-electron chi connectivity index (χ2n) is 5.47. The van der Waals surface area contributed by atoms with Gasteiger partial charge in [0.15, 0.2) is 11.6 Å². The molecule has 3 rings (SSSR count). The van der Waals surface area contributed by atoms with Gasteiger partial charge in [0.05, 0.1) is 16.3 Å². The van der Waals surface area contributed by atoms with Gasteiger partial charge < -0.3 is 10.8 Å². The molecule has 126 valence electrons. The average molecular weight is 350 g/mol. The van der Waals surface area contributed by atoms with Crippen molar-refractivity contribution >= 4 is 27.2 Å². The largest absolute Gasteiger partial charge is 0.397 e. The van der Waals surface area contributed by atoms with Crippen molar-refractivity contribution in [2.24, 2.45) is 0 Å². The molecule has 0 saturated heterocycles. The molecule has 1 unspecified atom stereocenters. The molecule has 0 amide bonds. The molecule has 24 heavy (non-hydrogen) atoms. The first-order chi connectivity index (χ1) is 11.4. The maximum absolute atomic E-state index is 13.7. The van der Waals surface area contributed by atoms with Crippen LogP contribution < -0.4 is 11.1 Å². The van der Waals surface area contributed by atoms with Crippen molar-refractivity contribution in [1.29, 1.82) is 0 Å². The Bertz CT molecular complexity index is 913. The number of halogens is 2. The van der Waals surface area contributed by atoms with E-state index in [1.807, 2.05) is 13.8 Å². The number of nitrogen functional groups attached to an aromatic ring is 1. The number of fused-ring (bicyclic) bond motifs is 1. The molecule has 3 aromatic rings. The van der Waals surface area contributed by atoms with Gasteiger partial charge in [0.25, 0.3) is 0 Å². The van der Waals surface area contributed by atoms with Crippen molar-refractivity contribution in [3.8, 4) is 0 Å². The van der Waals surface area contributed by atoms with Gasteiger partial charge in [-0.15, -0.1) is 16.4 Å². The van der Waals surface area contributed by atoms with Crippen LogP contribution in [0.3, 0.4) is 0 Å². The van der Waals surface area contributed by atoms with E-state index in [0.717, 1.165) is 22.7 Å². The van der Waals surface area contributed by atoms with E-state index in [9.17, 15) is 13.9 Å². The Morgan fingerprint density at radius 1 is 1.29 bits per heavy atom. The van der Waals surface area contributed by atoms with E-state index >= 15 is 0 Å². The van der Waals surface area contributed by atoms with Crippen LogP contribution in [0.5, 0.6) is 0 Å². The lowest BCUT2D eigenvalue weighted by molar-refractivity contribution is 0.141. The lowest BCUT2D eigenvalue weighted by atomic mass is 10.1. The number of aromatic nitrogens is 2. The first kappa shape index (κ1) is 16.7. The van der Waals surface area contributed by atoms with Crippen molar-refractivity contribution in [3.05, 3.63) is 51.5 Å². The summed E-state index contributed by atoms with van der Waals surface area (Å²) in [5.41, 5.74) is 8.36. The first-order valence-corrected chi connectivity index (χ1v) is 8.08. The normalized spacial score (nSPS) is 12.7. The van der Waals surface area contributed by atoms with Gasteiger partial charge in [-0.1, -0.05) is 12.1 Å². The summed E-state index contributed by atoms with van der Waals surface area (Å²) in [5, 5.41) is 22.0. The molecular formula is C16H16F2N4OS. The number of hydrogen-bond acceptors (Lipinski definition) is 6. The van der Waals surface area contributed by atoms with Gasteiger partial charge in [-0.05, 0) is 25.5 Å². The zero-order valence-corrected chi connectivity index (χ0v) is 13.9. The minimum absolute atomic E-state index is 0.0395. The number of hydrogen-bond donors (Lipinski definition) is 3. The predicted molar refractivity (Wildman–Crippen MR) is 89.5 cm³/mol. The smallest absolute Gasteiger partial charge is 0.163 e. The van der Waals surface area contributed by atoms with E-state index in [1.54, 1.807) is 0 Å². The highest BCUT2D eigenvalue weighted by atomic mass is 32.1. The number of thiophene rings is 1. The van der Waals surface area contributed by atoms with Crippen LogP contribution in [0, 0.1) is 25.5 Å². The molecule has 0 aliphatic rings. The third-order valence-corrected chi connectivity index (χ3v) is 5.07. The molecular weight excluding hydrogens is 334 g/mol. The number of aryl methyl sites for hydroxylation is 2. The minimum Gasteiger partial charge on any atom is -0.397 e. The van der Waals surface area contributed by atoms with Gasteiger partial charge in [-0.2, -0.15) is 5.10 Å². The Balaban J connectivity index is 1.86. The summed E-state index contributed by atoms with van der Waals surface area (Å²) in [4.78, 5) is 1.10. The maximum atomic E-state index is 13.7. The number of aliphatic hydroxyl groups is 1. The lowest BCUT2D eigenvalue weighted by Gasteiger charge is -2.13. The molecule has 2 heterocycles. The highest BCUT2D eigenvalue weighted by molar-refractivity contribution is 7.19. The van der Waals surface area contributed by atoms with Crippen LogP contribution in [0.25, 0.3) is 10.2 Å². The average Bonchev–Trinajstić information content (AvgIpc) is 2.90. The molecule has 8 heteroatoms. The molecule has 0 fully saturated rings. The molecule has 4 N–H and O–H groups in total. The SMILES string of the molecule is Cc1nnc2sc(C(O)NCc3cccc(F)c3F)c(N)c2c1C. The number of rotatable bonds is 4. The first-order valence-electron chi connectivity index (χ1n) is 7.26. The third kappa shape index (κ3) is 2.83. The van der Waals surface area contributed by atoms with Crippen LogP contribution in [0.15, 0.2) is 18.2 Å². The van der Waals surface area contributed by atoms with E-state index in [0.29, 0.717) is 15.4 Å². The summed E-state index contributed by atoms with van der Waals surface area (Å²) in [6.07, 6.45) is -1.12. The molecule has 0 saturated carbocycles. The van der Waals surface area contributed by atoms with Crippen LogP contribution in [0.4, 0.5) is 14.5 Å². The highest BCUT2D eigenvalue weighted by Crippen LogP contribution is 2.37. The fraction of sp³-hybridized carbons (Fsp3) is 0.250. The van der Waals surface area contributed by atoms with Crippen LogP contribution in [-0.4, -0.2) is 15.3 Å². The van der Waals surface area contributed by atoms with Crippen LogP contribution in [0.1, 0.15) is 27.9 Å². The van der Waals surface area contributed by atoms with Crippen molar-refractivity contribution in [2.45, 2.75) is 26.6 Å². The van der Waals surface area contributed by atoms with E-state index in [-0.39, 0.29) is 12.1 Å². The Morgan fingerprint density at radius 3 is 2.79 bits per heavy atom. The van der Waals surface area contributed by atoms with Crippen LogP contribution in [-0.2, 0) is 6.54 Å². The van der Waals surface area contributed by atoms with Crippen LogP contribution >= 0.6 is 11.3 Å².